The normalized spacial score (nSPS) is 24.6. The summed E-state index contributed by atoms with van der Waals surface area (Å²) in [6, 6.07) is 6.34. The third-order valence-electron chi connectivity index (χ3n) is 6.50. The van der Waals surface area contributed by atoms with Gasteiger partial charge < -0.3 is 39.2 Å². The van der Waals surface area contributed by atoms with Gasteiger partial charge in [0.1, 0.15) is 6.10 Å². The van der Waals surface area contributed by atoms with Gasteiger partial charge in [-0.15, -0.1) is 6.42 Å². The van der Waals surface area contributed by atoms with Crippen LogP contribution in [0.2, 0.25) is 0 Å². The summed E-state index contributed by atoms with van der Waals surface area (Å²) in [7, 11) is 0. The van der Waals surface area contributed by atoms with Crippen molar-refractivity contribution in [1.29, 1.82) is 0 Å². The number of benzene rings is 1. The molecule has 13 heteroatoms. The summed E-state index contributed by atoms with van der Waals surface area (Å²) < 4.78 is 26.7. The monoisotopic (exact) mass is 562 g/mol. The molecule has 1 unspecified atom stereocenters. The molecule has 3 rings (SSSR count). The van der Waals surface area contributed by atoms with Crippen molar-refractivity contribution in [3.8, 4) is 12.3 Å². The third kappa shape index (κ3) is 6.20. The van der Waals surface area contributed by atoms with Gasteiger partial charge in [0, 0.05) is 32.1 Å². The van der Waals surface area contributed by atoms with E-state index in [9.17, 15) is 29.4 Å². The van der Waals surface area contributed by atoms with E-state index in [0.29, 0.717) is 24.3 Å². The molecule has 13 nitrogen and oxygen atoms in total. The van der Waals surface area contributed by atoms with Crippen molar-refractivity contribution in [2.75, 3.05) is 37.8 Å². The topological polar surface area (TPSA) is 170 Å². The van der Waals surface area contributed by atoms with Gasteiger partial charge >= 0.3 is 23.9 Å². The molecule has 2 amide bonds. The lowest BCUT2D eigenvalue weighted by Gasteiger charge is -2.34. The van der Waals surface area contributed by atoms with Crippen molar-refractivity contribution in [3.05, 3.63) is 29.8 Å². The Kier molecular flexibility index (Phi) is 10.1. The Morgan fingerprint density at radius 1 is 1.18 bits per heavy atom. The molecule has 0 radical (unpaired) electrons. The minimum Gasteiger partial charge on any atom is -0.463 e. The zero-order valence-electron chi connectivity index (χ0n) is 22.6. The first-order valence-corrected chi connectivity index (χ1v) is 12.9. The van der Waals surface area contributed by atoms with Gasteiger partial charge in [-0.2, -0.15) is 0 Å². The molecule has 2 saturated heterocycles. The van der Waals surface area contributed by atoms with Crippen LogP contribution < -0.4 is 10.2 Å². The second kappa shape index (κ2) is 13.1. The number of hydrogen-bond acceptors (Lipinski definition) is 11. The maximum Gasteiger partial charge on any atom is 0.350 e. The van der Waals surface area contributed by atoms with Crippen LogP contribution in [0.4, 0.5) is 10.5 Å². The average molecular weight is 563 g/mol. The van der Waals surface area contributed by atoms with Crippen molar-refractivity contribution >= 4 is 29.6 Å². The number of ether oxygens (including phenoxy) is 5. The highest BCUT2D eigenvalue weighted by molar-refractivity contribution is 6.04. The summed E-state index contributed by atoms with van der Waals surface area (Å²) in [5.74, 6) is -0.852. The summed E-state index contributed by atoms with van der Waals surface area (Å²) in [5.41, 5.74) is -3.47. The summed E-state index contributed by atoms with van der Waals surface area (Å²) in [6.45, 7) is 4.39. The Labute approximate surface area is 231 Å². The van der Waals surface area contributed by atoms with Crippen LogP contribution in [0.25, 0.3) is 0 Å². The van der Waals surface area contributed by atoms with Crippen LogP contribution in [0.15, 0.2) is 24.3 Å². The number of carbonyl (C=O) groups is 4. The van der Waals surface area contributed by atoms with Gasteiger partial charge in [0.15, 0.2) is 12.4 Å². The molecule has 2 aliphatic rings. The van der Waals surface area contributed by atoms with Gasteiger partial charge in [-0.25, -0.2) is 14.4 Å². The smallest absolute Gasteiger partial charge is 0.350 e. The number of aliphatic hydroxyl groups is 2. The molecular formula is C27H34N2O11. The van der Waals surface area contributed by atoms with E-state index >= 15 is 0 Å². The van der Waals surface area contributed by atoms with Gasteiger partial charge in [0.25, 0.3) is 5.60 Å². The van der Waals surface area contributed by atoms with Gasteiger partial charge in [0.05, 0.1) is 19.8 Å². The minimum absolute atomic E-state index is 0.0918. The Bertz CT molecular complexity index is 1110. The lowest BCUT2D eigenvalue weighted by molar-refractivity contribution is -0.202. The van der Waals surface area contributed by atoms with Crippen molar-refractivity contribution < 1.29 is 53.1 Å². The summed E-state index contributed by atoms with van der Waals surface area (Å²) in [6.07, 6.45) is 0.831. The fraction of sp³-hybridized carbons (Fsp3) is 0.556. The predicted octanol–water partition coefficient (Wildman–Crippen LogP) is 0.0436. The Balaban J connectivity index is 1.96. The first kappa shape index (κ1) is 30.8. The lowest BCUT2D eigenvalue weighted by atomic mass is 9.91. The van der Waals surface area contributed by atoms with Crippen LogP contribution in [-0.2, 0) is 44.5 Å². The summed E-state index contributed by atoms with van der Waals surface area (Å²) in [4.78, 5) is 52.2. The first-order chi connectivity index (χ1) is 19.0. The van der Waals surface area contributed by atoms with E-state index in [0.717, 1.165) is 13.3 Å². The van der Waals surface area contributed by atoms with Crippen LogP contribution in [0, 0.1) is 12.3 Å². The molecule has 2 fully saturated rings. The number of carbonyl (C=O) groups excluding carboxylic acids is 4. The van der Waals surface area contributed by atoms with E-state index in [4.69, 9.17) is 30.1 Å². The molecule has 3 N–H and O–H groups in total. The molecule has 4 atom stereocenters. The zero-order valence-corrected chi connectivity index (χ0v) is 22.6. The molecule has 0 bridgehead atoms. The highest BCUT2D eigenvalue weighted by Crippen LogP contribution is 2.35. The number of rotatable bonds is 11. The Hall–Kier alpha value is -3.70. The van der Waals surface area contributed by atoms with Crippen molar-refractivity contribution in [2.24, 2.45) is 0 Å². The van der Waals surface area contributed by atoms with E-state index in [2.05, 4.69) is 11.2 Å². The number of terminal acetylenes is 1. The number of esters is 3. The number of hydrogen-bond donors (Lipinski definition) is 3. The standard InChI is InChI=1S/C27H34N2O11/c1-5-26(40-17(4)30)20(39-22(32)21(26)31)16-38-27(23(33)36-6-2,24(34)37-7-3)15-18-9-11-19(12-10-18)29-14-8-13-28-25(29)35/h1,9-12,20-22,31-32H,6-8,13-16H2,2-4H3,(H,28,35)/t20-,21+,22?,26-/m1/s1. The number of nitrogens with zero attached hydrogens (tertiary/aromatic N) is 1. The fourth-order valence-corrected chi connectivity index (χ4v) is 4.55. The molecule has 1 aromatic carbocycles. The number of nitrogens with one attached hydrogen (secondary N) is 1. The van der Waals surface area contributed by atoms with E-state index in [1.54, 1.807) is 43.0 Å². The van der Waals surface area contributed by atoms with Gasteiger partial charge in [0.2, 0.25) is 5.60 Å². The van der Waals surface area contributed by atoms with Gasteiger partial charge in [-0.05, 0) is 38.0 Å². The highest BCUT2D eigenvalue weighted by atomic mass is 16.7. The molecule has 1 aromatic rings. The van der Waals surface area contributed by atoms with Crippen molar-refractivity contribution in [2.45, 2.75) is 63.3 Å². The Morgan fingerprint density at radius 3 is 2.33 bits per heavy atom. The summed E-state index contributed by atoms with van der Waals surface area (Å²) in [5, 5.41) is 23.4. The van der Waals surface area contributed by atoms with Crippen LogP contribution in [0.5, 0.6) is 0 Å². The fourth-order valence-electron chi connectivity index (χ4n) is 4.55. The van der Waals surface area contributed by atoms with Gasteiger partial charge in [-0.3, -0.25) is 9.69 Å². The van der Waals surface area contributed by atoms with Crippen LogP contribution in [0.3, 0.4) is 0 Å². The van der Waals surface area contributed by atoms with Crippen LogP contribution >= 0.6 is 0 Å². The minimum atomic E-state index is -2.37. The molecule has 0 aromatic heterocycles. The van der Waals surface area contributed by atoms with Crippen LogP contribution in [-0.4, -0.2) is 96.8 Å². The first-order valence-electron chi connectivity index (χ1n) is 12.9. The molecule has 218 valence electrons. The maximum absolute atomic E-state index is 13.3. The third-order valence-corrected chi connectivity index (χ3v) is 6.50. The predicted molar refractivity (Wildman–Crippen MR) is 138 cm³/mol. The van der Waals surface area contributed by atoms with Gasteiger partial charge in [-0.1, -0.05) is 18.1 Å². The molecule has 0 aliphatic carbocycles. The molecular weight excluding hydrogens is 528 g/mol. The number of anilines is 1. The lowest BCUT2D eigenvalue weighted by Crippen LogP contribution is -2.57. The van der Waals surface area contributed by atoms with E-state index in [1.165, 1.54) is 0 Å². The van der Waals surface area contributed by atoms with E-state index in [-0.39, 0.29) is 25.7 Å². The molecule has 0 saturated carbocycles. The highest BCUT2D eigenvalue weighted by Gasteiger charge is 2.60. The van der Waals surface area contributed by atoms with Crippen molar-refractivity contribution in [3.63, 3.8) is 0 Å². The number of aliphatic hydroxyl groups excluding tert-OH is 2. The molecule has 2 heterocycles. The van der Waals surface area contributed by atoms with Crippen LogP contribution in [0.1, 0.15) is 32.8 Å². The summed E-state index contributed by atoms with van der Waals surface area (Å²) >= 11 is 0. The second-order valence-electron chi connectivity index (χ2n) is 9.15. The van der Waals surface area contributed by atoms with E-state index in [1.807, 2.05) is 0 Å². The molecule has 2 aliphatic heterocycles. The van der Waals surface area contributed by atoms with Crippen molar-refractivity contribution in [1.82, 2.24) is 5.32 Å². The largest absolute Gasteiger partial charge is 0.463 e. The average Bonchev–Trinajstić information content (AvgIpc) is 3.16. The number of urea groups is 1. The zero-order chi connectivity index (χ0) is 29.5. The second-order valence-corrected chi connectivity index (χ2v) is 9.15. The van der Waals surface area contributed by atoms with E-state index < -0.39 is 54.2 Å². The quantitative estimate of drug-likeness (QED) is 0.144. The number of amides is 2. The Morgan fingerprint density at radius 2 is 1.80 bits per heavy atom. The molecule has 40 heavy (non-hydrogen) atoms. The maximum atomic E-state index is 13.3. The SMILES string of the molecule is C#C[C@@]1(OC(C)=O)[C@@H](COC(Cc2ccc(N3CCCNC3=O)cc2)(C(=O)OCC)C(=O)OCC)OC(O)[C@@H]1O. The molecule has 0 spiro atoms.